The van der Waals surface area contributed by atoms with Gasteiger partial charge in [-0.3, -0.25) is 9.80 Å². The number of ether oxygens (including phenoxy) is 1. The van der Waals surface area contributed by atoms with Crippen LogP contribution < -0.4 is 4.74 Å². The molecule has 0 atom stereocenters. The highest BCUT2D eigenvalue weighted by molar-refractivity contribution is 5.27. The van der Waals surface area contributed by atoms with E-state index in [0.717, 1.165) is 38.5 Å². The van der Waals surface area contributed by atoms with Crippen molar-refractivity contribution in [2.24, 2.45) is 0 Å². The normalized spacial score (nSPS) is 16.3. The molecule has 1 heterocycles. The quantitative estimate of drug-likeness (QED) is 0.730. The van der Waals surface area contributed by atoms with Gasteiger partial charge in [-0.05, 0) is 56.7 Å². The van der Waals surface area contributed by atoms with Crippen LogP contribution in [0.5, 0.6) is 5.75 Å². The molecule has 1 aliphatic rings. The van der Waals surface area contributed by atoms with Gasteiger partial charge in [0, 0.05) is 13.1 Å². The second-order valence-corrected chi connectivity index (χ2v) is 5.86. The SMILES string of the molecule is CCN(CC)Cc1ccc(OCCN2CCCCC2)cc1. The van der Waals surface area contributed by atoms with E-state index in [9.17, 15) is 0 Å². The maximum absolute atomic E-state index is 5.87. The number of hydrogen-bond acceptors (Lipinski definition) is 3. The minimum Gasteiger partial charge on any atom is -0.492 e. The van der Waals surface area contributed by atoms with Crippen molar-refractivity contribution in [1.29, 1.82) is 0 Å². The maximum Gasteiger partial charge on any atom is 0.119 e. The van der Waals surface area contributed by atoms with Crippen LogP contribution in [0.2, 0.25) is 0 Å². The zero-order chi connectivity index (χ0) is 14.9. The first-order chi connectivity index (χ1) is 10.3. The number of hydrogen-bond donors (Lipinski definition) is 0. The van der Waals surface area contributed by atoms with Crippen LogP contribution in [0, 0.1) is 0 Å². The van der Waals surface area contributed by atoms with Crippen molar-refractivity contribution in [3.63, 3.8) is 0 Å². The molecule has 3 nitrogen and oxygen atoms in total. The Labute approximate surface area is 129 Å². The predicted octanol–water partition coefficient (Wildman–Crippen LogP) is 3.39. The van der Waals surface area contributed by atoms with Crippen LogP contribution in [-0.2, 0) is 6.54 Å². The molecule has 21 heavy (non-hydrogen) atoms. The molecule has 0 radical (unpaired) electrons. The number of likely N-dealkylation sites (tertiary alicyclic amines) is 1. The molecule has 0 spiro atoms. The molecule has 118 valence electrons. The minimum absolute atomic E-state index is 0.801. The van der Waals surface area contributed by atoms with Gasteiger partial charge >= 0.3 is 0 Å². The van der Waals surface area contributed by atoms with Crippen molar-refractivity contribution in [3.05, 3.63) is 29.8 Å². The second-order valence-electron chi connectivity index (χ2n) is 5.86. The largest absolute Gasteiger partial charge is 0.492 e. The van der Waals surface area contributed by atoms with Gasteiger partial charge in [0.25, 0.3) is 0 Å². The highest BCUT2D eigenvalue weighted by atomic mass is 16.5. The van der Waals surface area contributed by atoms with Gasteiger partial charge in [-0.25, -0.2) is 0 Å². The van der Waals surface area contributed by atoms with Crippen molar-refractivity contribution in [1.82, 2.24) is 9.80 Å². The highest BCUT2D eigenvalue weighted by Gasteiger charge is 2.09. The van der Waals surface area contributed by atoms with E-state index in [2.05, 4.69) is 47.9 Å². The lowest BCUT2D eigenvalue weighted by atomic mass is 10.1. The van der Waals surface area contributed by atoms with Crippen LogP contribution in [-0.4, -0.2) is 49.1 Å². The molecule has 1 saturated heterocycles. The molecule has 0 saturated carbocycles. The van der Waals surface area contributed by atoms with Crippen molar-refractivity contribution in [3.8, 4) is 5.75 Å². The Morgan fingerprint density at radius 3 is 2.29 bits per heavy atom. The van der Waals surface area contributed by atoms with Gasteiger partial charge in [0.05, 0.1) is 0 Å². The topological polar surface area (TPSA) is 15.7 Å². The summed E-state index contributed by atoms with van der Waals surface area (Å²) in [5.41, 5.74) is 1.36. The Hall–Kier alpha value is -1.06. The molecule has 1 aliphatic heterocycles. The van der Waals surface area contributed by atoms with Crippen molar-refractivity contribution < 1.29 is 4.74 Å². The Morgan fingerprint density at radius 1 is 1.00 bits per heavy atom. The standard InChI is InChI=1S/C18H30N2O/c1-3-19(4-2)16-17-8-10-18(11-9-17)21-15-14-20-12-6-5-7-13-20/h8-11H,3-7,12-16H2,1-2H3. The fourth-order valence-electron chi connectivity index (χ4n) is 2.87. The van der Waals surface area contributed by atoms with Crippen LogP contribution in [0.15, 0.2) is 24.3 Å². The lowest BCUT2D eigenvalue weighted by Gasteiger charge is -2.26. The second kappa shape index (κ2) is 9.06. The number of rotatable bonds is 8. The molecule has 0 unspecified atom stereocenters. The van der Waals surface area contributed by atoms with E-state index in [4.69, 9.17) is 4.74 Å². The third-order valence-corrected chi connectivity index (χ3v) is 4.35. The van der Waals surface area contributed by atoms with Crippen LogP contribution >= 0.6 is 0 Å². The number of nitrogens with zero attached hydrogens (tertiary/aromatic N) is 2. The summed E-state index contributed by atoms with van der Waals surface area (Å²) in [6, 6.07) is 8.59. The van der Waals surface area contributed by atoms with Crippen molar-refractivity contribution >= 4 is 0 Å². The molecule has 0 aliphatic carbocycles. The molecule has 0 aromatic heterocycles. The predicted molar refractivity (Wildman–Crippen MR) is 88.9 cm³/mol. The van der Waals surface area contributed by atoms with Crippen molar-refractivity contribution in [2.75, 3.05) is 39.3 Å². The van der Waals surface area contributed by atoms with Crippen LogP contribution in [0.4, 0.5) is 0 Å². The summed E-state index contributed by atoms with van der Waals surface area (Å²) in [5, 5.41) is 0. The van der Waals surface area contributed by atoms with E-state index >= 15 is 0 Å². The maximum atomic E-state index is 5.87. The third-order valence-electron chi connectivity index (χ3n) is 4.35. The van der Waals surface area contributed by atoms with Gasteiger partial charge in [0.1, 0.15) is 12.4 Å². The Balaban J connectivity index is 1.71. The summed E-state index contributed by atoms with van der Waals surface area (Å²) in [6.07, 6.45) is 4.09. The lowest BCUT2D eigenvalue weighted by Crippen LogP contribution is -2.33. The molecular formula is C18H30N2O. The zero-order valence-electron chi connectivity index (χ0n) is 13.7. The van der Waals surface area contributed by atoms with E-state index in [-0.39, 0.29) is 0 Å². The Bertz CT molecular complexity index is 381. The summed E-state index contributed by atoms with van der Waals surface area (Å²) >= 11 is 0. The molecule has 0 amide bonds. The van der Waals surface area contributed by atoms with Crippen LogP contribution in [0.25, 0.3) is 0 Å². The summed E-state index contributed by atoms with van der Waals surface area (Å²) in [6.45, 7) is 12.0. The first-order valence-corrected chi connectivity index (χ1v) is 8.48. The van der Waals surface area contributed by atoms with Gasteiger partial charge in [-0.2, -0.15) is 0 Å². The van der Waals surface area contributed by atoms with Gasteiger partial charge in [0.2, 0.25) is 0 Å². The summed E-state index contributed by atoms with van der Waals surface area (Å²) in [5.74, 6) is 0.996. The Morgan fingerprint density at radius 2 is 1.67 bits per heavy atom. The zero-order valence-corrected chi connectivity index (χ0v) is 13.7. The number of piperidine rings is 1. The van der Waals surface area contributed by atoms with Gasteiger partial charge in [-0.1, -0.05) is 32.4 Å². The van der Waals surface area contributed by atoms with Crippen molar-refractivity contribution in [2.45, 2.75) is 39.7 Å². The van der Waals surface area contributed by atoms with E-state index < -0.39 is 0 Å². The van der Waals surface area contributed by atoms with E-state index in [0.29, 0.717) is 0 Å². The van der Waals surface area contributed by atoms with Crippen LogP contribution in [0.1, 0.15) is 38.7 Å². The molecule has 1 aromatic rings. The highest BCUT2D eigenvalue weighted by Crippen LogP contribution is 2.14. The lowest BCUT2D eigenvalue weighted by molar-refractivity contribution is 0.183. The monoisotopic (exact) mass is 290 g/mol. The average molecular weight is 290 g/mol. The molecule has 0 N–H and O–H groups in total. The van der Waals surface area contributed by atoms with Crippen LogP contribution in [0.3, 0.4) is 0 Å². The molecule has 3 heteroatoms. The van der Waals surface area contributed by atoms with E-state index in [1.165, 1.54) is 37.9 Å². The fourth-order valence-corrected chi connectivity index (χ4v) is 2.87. The van der Waals surface area contributed by atoms with Gasteiger partial charge in [0.15, 0.2) is 0 Å². The van der Waals surface area contributed by atoms with Gasteiger partial charge in [-0.15, -0.1) is 0 Å². The first-order valence-electron chi connectivity index (χ1n) is 8.48. The van der Waals surface area contributed by atoms with E-state index in [1.54, 1.807) is 0 Å². The summed E-state index contributed by atoms with van der Waals surface area (Å²) in [7, 11) is 0. The smallest absolute Gasteiger partial charge is 0.119 e. The molecule has 0 bridgehead atoms. The molecule has 2 rings (SSSR count). The average Bonchev–Trinajstić information content (AvgIpc) is 2.55. The third kappa shape index (κ3) is 5.68. The van der Waals surface area contributed by atoms with E-state index in [1.807, 2.05) is 0 Å². The summed E-state index contributed by atoms with van der Waals surface area (Å²) in [4.78, 5) is 4.93. The fraction of sp³-hybridized carbons (Fsp3) is 0.667. The Kier molecular flexibility index (Phi) is 7.04. The minimum atomic E-state index is 0.801. The molecular weight excluding hydrogens is 260 g/mol. The molecule has 1 fully saturated rings. The molecule has 1 aromatic carbocycles. The van der Waals surface area contributed by atoms with Gasteiger partial charge < -0.3 is 4.74 Å². The first kappa shape index (κ1) is 16.3. The summed E-state index contributed by atoms with van der Waals surface area (Å²) < 4.78 is 5.87. The number of benzene rings is 1.